The van der Waals surface area contributed by atoms with Gasteiger partial charge in [-0.05, 0) is 43.0 Å². The second-order valence-corrected chi connectivity index (χ2v) is 7.25. The standard InChI is InChI=1S/C18H23N3O2/c1-20-8-13-10-21(11-14(13)9-20)15-4-2-3-12(7-15)16-5-6-17(22)19-18(16)23/h2-4,7,13-14,16H,5-6,8-11H2,1H3,(H,19,22,23). The van der Waals surface area contributed by atoms with Gasteiger partial charge in [0, 0.05) is 38.3 Å². The van der Waals surface area contributed by atoms with E-state index in [-0.39, 0.29) is 17.7 Å². The number of nitrogens with one attached hydrogen (secondary N) is 1. The Labute approximate surface area is 136 Å². The number of hydrogen-bond acceptors (Lipinski definition) is 4. The van der Waals surface area contributed by atoms with Crippen molar-refractivity contribution in [1.82, 2.24) is 10.2 Å². The summed E-state index contributed by atoms with van der Waals surface area (Å²) >= 11 is 0. The molecule has 3 atom stereocenters. The molecule has 1 N–H and O–H groups in total. The van der Waals surface area contributed by atoms with Gasteiger partial charge in [0.25, 0.3) is 0 Å². The third-order valence-electron chi connectivity index (χ3n) is 5.55. The van der Waals surface area contributed by atoms with Gasteiger partial charge in [-0.25, -0.2) is 0 Å². The maximum absolute atomic E-state index is 12.1. The van der Waals surface area contributed by atoms with Gasteiger partial charge in [0.1, 0.15) is 0 Å². The van der Waals surface area contributed by atoms with Gasteiger partial charge in [-0.3, -0.25) is 14.9 Å². The first kappa shape index (κ1) is 14.7. The van der Waals surface area contributed by atoms with E-state index in [1.54, 1.807) is 0 Å². The quantitative estimate of drug-likeness (QED) is 0.834. The fourth-order valence-electron chi connectivity index (χ4n) is 4.39. The maximum Gasteiger partial charge on any atom is 0.234 e. The Bertz CT molecular complexity index is 631. The Hall–Kier alpha value is -1.88. The highest BCUT2D eigenvalue weighted by molar-refractivity contribution is 6.01. The predicted molar refractivity (Wildman–Crippen MR) is 88.3 cm³/mol. The van der Waals surface area contributed by atoms with Crippen LogP contribution >= 0.6 is 0 Å². The summed E-state index contributed by atoms with van der Waals surface area (Å²) in [6, 6.07) is 8.33. The van der Waals surface area contributed by atoms with E-state index in [9.17, 15) is 9.59 Å². The molecule has 122 valence electrons. The monoisotopic (exact) mass is 313 g/mol. The van der Waals surface area contributed by atoms with Gasteiger partial charge < -0.3 is 9.80 Å². The largest absolute Gasteiger partial charge is 0.371 e. The zero-order valence-corrected chi connectivity index (χ0v) is 13.5. The van der Waals surface area contributed by atoms with Crippen molar-refractivity contribution in [2.75, 3.05) is 38.1 Å². The Morgan fingerprint density at radius 3 is 2.52 bits per heavy atom. The summed E-state index contributed by atoms with van der Waals surface area (Å²) < 4.78 is 0. The molecule has 3 heterocycles. The second-order valence-electron chi connectivity index (χ2n) is 7.25. The zero-order chi connectivity index (χ0) is 16.0. The summed E-state index contributed by atoms with van der Waals surface area (Å²) in [5.41, 5.74) is 2.24. The molecule has 23 heavy (non-hydrogen) atoms. The summed E-state index contributed by atoms with van der Waals surface area (Å²) in [4.78, 5) is 28.3. The van der Waals surface area contributed by atoms with E-state index in [1.807, 2.05) is 12.1 Å². The van der Waals surface area contributed by atoms with E-state index in [1.165, 1.54) is 18.8 Å². The zero-order valence-electron chi connectivity index (χ0n) is 13.5. The third kappa shape index (κ3) is 2.74. The van der Waals surface area contributed by atoms with Crippen molar-refractivity contribution in [3.05, 3.63) is 29.8 Å². The molecular weight excluding hydrogens is 290 g/mol. The van der Waals surface area contributed by atoms with Gasteiger partial charge in [-0.2, -0.15) is 0 Å². The van der Waals surface area contributed by atoms with Gasteiger partial charge >= 0.3 is 0 Å². The van der Waals surface area contributed by atoms with E-state index in [0.717, 1.165) is 30.5 Å². The molecule has 5 heteroatoms. The lowest BCUT2D eigenvalue weighted by molar-refractivity contribution is -0.134. The minimum Gasteiger partial charge on any atom is -0.371 e. The van der Waals surface area contributed by atoms with Crippen molar-refractivity contribution < 1.29 is 9.59 Å². The lowest BCUT2D eigenvalue weighted by Crippen LogP contribution is -2.39. The van der Waals surface area contributed by atoms with Gasteiger partial charge in [-0.1, -0.05) is 12.1 Å². The summed E-state index contributed by atoms with van der Waals surface area (Å²) in [5.74, 6) is 1.02. The molecule has 5 nitrogen and oxygen atoms in total. The molecule has 0 spiro atoms. The number of carbonyl (C=O) groups is 2. The molecule has 3 unspecified atom stereocenters. The molecular formula is C18H23N3O2. The van der Waals surface area contributed by atoms with Crippen LogP contribution in [0.15, 0.2) is 24.3 Å². The summed E-state index contributed by atoms with van der Waals surface area (Å²) in [5, 5.41) is 2.46. The summed E-state index contributed by atoms with van der Waals surface area (Å²) in [6.07, 6.45) is 1.05. The van der Waals surface area contributed by atoms with Crippen molar-refractivity contribution in [2.45, 2.75) is 18.8 Å². The molecule has 0 radical (unpaired) electrons. The van der Waals surface area contributed by atoms with Crippen LogP contribution in [0.3, 0.4) is 0 Å². The number of nitrogens with zero attached hydrogens (tertiary/aromatic N) is 2. The van der Waals surface area contributed by atoms with Crippen molar-refractivity contribution in [2.24, 2.45) is 11.8 Å². The Kier molecular flexibility index (Phi) is 3.60. The number of amides is 2. The fraction of sp³-hybridized carbons (Fsp3) is 0.556. The Morgan fingerprint density at radius 1 is 1.09 bits per heavy atom. The van der Waals surface area contributed by atoms with E-state index < -0.39 is 0 Å². The molecule has 0 saturated carbocycles. The average Bonchev–Trinajstić information content (AvgIpc) is 3.04. The number of rotatable bonds is 2. The first-order chi connectivity index (χ1) is 11.1. The molecule has 3 fully saturated rings. The average molecular weight is 313 g/mol. The lowest BCUT2D eigenvalue weighted by atomic mass is 9.90. The molecule has 4 rings (SSSR count). The van der Waals surface area contributed by atoms with Crippen LogP contribution in [0.4, 0.5) is 5.69 Å². The summed E-state index contributed by atoms with van der Waals surface area (Å²) in [6.45, 7) is 4.59. The first-order valence-corrected chi connectivity index (χ1v) is 8.47. The highest BCUT2D eigenvalue weighted by Gasteiger charge is 2.38. The SMILES string of the molecule is CN1CC2CN(c3cccc(C4CCC(=O)NC4=O)c3)CC2C1. The molecule has 3 saturated heterocycles. The van der Waals surface area contributed by atoms with Gasteiger partial charge in [0.15, 0.2) is 0 Å². The van der Waals surface area contributed by atoms with Gasteiger partial charge in [0.2, 0.25) is 11.8 Å². The van der Waals surface area contributed by atoms with Gasteiger partial charge in [0.05, 0.1) is 5.92 Å². The smallest absolute Gasteiger partial charge is 0.234 e. The van der Waals surface area contributed by atoms with E-state index in [2.05, 4.69) is 34.3 Å². The first-order valence-electron chi connectivity index (χ1n) is 8.47. The van der Waals surface area contributed by atoms with E-state index in [4.69, 9.17) is 0 Å². The van der Waals surface area contributed by atoms with Crippen LogP contribution in [-0.4, -0.2) is 49.9 Å². The lowest BCUT2D eigenvalue weighted by Gasteiger charge is -2.25. The van der Waals surface area contributed by atoms with Crippen molar-refractivity contribution in [1.29, 1.82) is 0 Å². The van der Waals surface area contributed by atoms with Gasteiger partial charge in [-0.15, -0.1) is 0 Å². The fourth-order valence-corrected chi connectivity index (χ4v) is 4.39. The van der Waals surface area contributed by atoms with Crippen molar-refractivity contribution >= 4 is 17.5 Å². The number of imide groups is 1. The van der Waals surface area contributed by atoms with Crippen LogP contribution in [0.1, 0.15) is 24.3 Å². The van der Waals surface area contributed by atoms with Crippen molar-refractivity contribution in [3.63, 3.8) is 0 Å². The third-order valence-corrected chi connectivity index (χ3v) is 5.55. The maximum atomic E-state index is 12.1. The van der Waals surface area contributed by atoms with Crippen LogP contribution < -0.4 is 10.2 Å². The Balaban J connectivity index is 1.51. The number of fused-ring (bicyclic) bond motifs is 1. The number of anilines is 1. The van der Waals surface area contributed by atoms with Crippen LogP contribution in [-0.2, 0) is 9.59 Å². The number of likely N-dealkylation sites (tertiary alicyclic amines) is 1. The molecule has 3 aliphatic heterocycles. The van der Waals surface area contributed by atoms with Crippen LogP contribution in [0.5, 0.6) is 0 Å². The normalized spacial score (nSPS) is 31.3. The molecule has 0 aliphatic carbocycles. The Morgan fingerprint density at radius 2 is 1.83 bits per heavy atom. The highest BCUT2D eigenvalue weighted by atomic mass is 16.2. The molecule has 1 aromatic carbocycles. The van der Waals surface area contributed by atoms with Crippen molar-refractivity contribution in [3.8, 4) is 0 Å². The van der Waals surface area contributed by atoms with E-state index in [0.29, 0.717) is 12.8 Å². The topological polar surface area (TPSA) is 52.6 Å². The highest BCUT2D eigenvalue weighted by Crippen LogP contribution is 2.35. The minimum atomic E-state index is -0.194. The molecule has 0 aromatic heterocycles. The van der Waals surface area contributed by atoms with E-state index >= 15 is 0 Å². The molecule has 0 bridgehead atoms. The van der Waals surface area contributed by atoms with Crippen LogP contribution in [0.2, 0.25) is 0 Å². The minimum absolute atomic E-state index is 0.154. The number of benzene rings is 1. The number of hydrogen-bond donors (Lipinski definition) is 1. The molecule has 2 amide bonds. The second kappa shape index (κ2) is 5.64. The summed E-state index contributed by atoms with van der Waals surface area (Å²) in [7, 11) is 2.20. The van der Waals surface area contributed by atoms with Crippen LogP contribution in [0, 0.1) is 11.8 Å². The number of carbonyl (C=O) groups excluding carboxylic acids is 2. The molecule has 1 aromatic rings. The van der Waals surface area contributed by atoms with Crippen LogP contribution in [0.25, 0.3) is 0 Å². The number of piperidine rings is 1. The predicted octanol–water partition coefficient (Wildman–Crippen LogP) is 1.20. The molecule has 3 aliphatic rings.